The SMILES string of the molecule is [C-]#[N+][C@](c1cccc(F)c1)(C1CCN(CC2CN(c3ccc(S(=O)(=O)c4cccc(NC(=O)C=C)c4)cc3)C2)CC1)[C@H]1CCC[C@@H]1OC(=O)CC. The highest BCUT2D eigenvalue weighted by Crippen LogP contribution is 2.52. The lowest BCUT2D eigenvalue weighted by atomic mass is 9.65. The Balaban J connectivity index is 1.06. The van der Waals surface area contributed by atoms with Crippen molar-refractivity contribution in [1.82, 2.24) is 4.90 Å². The molecule has 1 aliphatic carbocycles. The predicted molar refractivity (Wildman–Crippen MR) is 194 cm³/mol. The number of benzene rings is 3. The predicted octanol–water partition coefficient (Wildman–Crippen LogP) is 6.87. The van der Waals surface area contributed by atoms with Crippen LogP contribution in [0.3, 0.4) is 0 Å². The molecule has 0 spiro atoms. The smallest absolute Gasteiger partial charge is 0.305 e. The minimum Gasteiger partial charge on any atom is -0.462 e. The second kappa shape index (κ2) is 15.4. The quantitative estimate of drug-likeness (QED) is 0.124. The summed E-state index contributed by atoms with van der Waals surface area (Å²) >= 11 is 0. The minimum atomic E-state index is -3.78. The van der Waals surface area contributed by atoms with Gasteiger partial charge in [0.15, 0.2) is 0 Å². The molecule has 0 unspecified atom stereocenters. The number of hydrogen-bond acceptors (Lipinski definition) is 7. The fourth-order valence-corrected chi connectivity index (χ4v) is 9.58. The summed E-state index contributed by atoms with van der Waals surface area (Å²) < 4.78 is 47.1. The van der Waals surface area contributed by atoms with E-state index < -0.39 is 21.3 Å². The maximum atomic E-state index is 14.6. The van der Waals surface area contributed by atoms with Crippen LogP contribution in [-0.4, -0.2) is 64.0 Å². The zero-order valence-corrected chi connectivity index (χ0v) is 29.8. The molecule has 3 aliphatic rings. The first kappa shape index (κ1) is 36.3. The molecule has 3 aromatic carbocycles. The van der Waals surface area contributed by atoms with Crippen LogP contribution in [-0.2, 0) is 29.7 Å². The summed E-state index contributed by atoms with van der Waals surface area (Å²) in [5.41, 5.74) is 1.07. The van der Waals surface area contributed by atoms with Gasteiger partial charge in [-0.2, -0.15) is 0 Å². The van der Waals surface area contributed by atoms with Crippen LogP contribution in [0.1, 0.15) is 51.0 Å². The van der Waals surface area contributed by atoms with Crippen molar-refractivity contribution in [2.24, 2.45) is 17.8 Å². The van der Waals surface area contributed by atoms with Gasteiger partial charge in [-0.05, 0) is 106 Å². The van der Waals surface area contributed by atoms with Crippen molar-refractivity contribution in [3.8, 4) is 0 Å². The lowest BCUT2D eigenvalue weighted by molar-refractivity contribution is -0.152. The Morgan fingerprint density at radius 1 is 1.02 bits per heavy atom. The van der Waals surface area contributed by atoms with E-state index in [2.05, 4.69) is 26.5 Å². The summed E-state index contributed by atoms with van der Waals surface area (Å²) in [5.74, 6) is -0.737. The number of likely N-dealkylation sites (tertiary alicyclic amines) is 1. The fourth-order valence-electron chi connectivity index (χ4n) is 8.28. The van der Waals surface area contributed by atoms with E-state index in [0.29, 0.717) is 17.2 Å². The normalized spacial score (nSPS) is 21.2. The highest BCUT2D eigenvalue weighted by Gasteiger charge is 2.58. The number of amides is 1. The van der Waals surface area contributed by atoms with E-state index in [1.54, 1.807) is 37.3 Å². The Morgan fingerprint density at radius 2 is 1.75 bits per heavy atom. The minimum absolute atomic E-state index is 0.0139. The maximum Gasteiger partial charge on any atom is 0.305 e. The van der Waals surface area contributed by atoms with Crippen LogP contribution in [0.5, 0.6) is 0 Å². The molecular formula is C40H45FN4O5S. The molecule has 1 N–H and O–H groups in total. The van der Waals surface area contributed by atoms with Crippen molar-refractivity contribution in [1.29, 1.82) is 0 Å². The van der Waals surface area contributed by atoms with E-state index in [4.69, 9.17) is 11.3 Å². The first-order chi connectivity index (χ1) is 24.6. The van der Waals surface area contributed by atoms with Gasteiger partial charge in [-0.15, -0.1) is 0 Å². The third-order valence-electron chi connectivity index (χ3n) is 10.9. The summed E-state index contributed by atoms with van der Waals surface area (Å²) in [4.78, 5) is 33.3. The van der Waals surface area contributed by atoms with E-state index in [1.807, 2.05) is 18.2 Å². The third-order valence-corrected chi connectivity index (χ3v) is 12.6. The molecule has 268 valence electrons. The van der Waals surface area contributed by atoms with Crippen LogP contribution < -0.4 is 10.2 Å². The van der Waals surface area contributed by atoms with Crippen LogP contribution >= 0.6 is 0 Å². The van der Waals surface area contributed by atoms with Crippen LogP contribution in [0, 0.1) is 30.1 Å². The Labute approximate surface area is 300 Å². The number of halogens is 1. The number of esters is 1. The molecule has 1 amide bonds. The molecule has 11 heteroatoms. The molecule has 2 heterocycles. The molecule has 1 saturated carbocycles. The number of sulfone groups is 1. The van der Waals surface area contributed by atoms with Crippen LogP contribution in [0.2, 0.25) is 0 Å². The van der Waals surface area contributed by atoms with Crippen molar-refractivity contribution in [2.45, 2.75) is 66.9 Å². The van der Waals surface area contributed by atoms with Crippen molar-refractivity contribution in [2.75, 3.05) is 42.9 Å². The topological polar surface area (TPSA) is 100 Å². The standard InChI is InChI=1S/C40H45FN4O5S/c1-4-38(46)43-32-11-7-12-35(24-32)51(48,49)34-17-15-33(16-18-34)45-26-28(27-45)25-44-21-19-29(20-22-44)40(42-3,30-9-6-10-31(41)23-30)36-13-8-14-37(36)50-39(47)5-2/h4,6-7,9-12,15-18,23-24,28-29,36-37H,1,5,8,13-14,19-22,25-27H2,2H3,(H,43,46)/t36-,37-,40-/m0/s1. The van der Waals surface area contributed by atoms with Crippen LogP contribution in [0.25, 0.3) is 4.85 Å². The largest absolute Gasteiger partial charge is 0.462 e. The molecule has 3 aromatic rings. The van der Waals surface area contributed by atoms with Gasteiger partial charge in [0, 0.05) is 54.8 Å². The molecule has 2 saturated heterocycles. The van der Waals surface area contributed by atoms with Crippen molar-refractivity contribution < 1.29 is 27.1 Å². The van der Waals surface area contributed by atoms with E-state index in [1.165, 1.54) is 24.3 Å². The molecule has 3 fully saturated rings. The number of carbonyl (C=O) groups is 2. The summed E-state index contributed by atoms with van der Waals surface area (Å²) in [6.07, 6.45) is 5.05. The monoisotopic (exact) mass is 712 g/mol. The van der Waals surface area contributed by atoms with Gasteiger partial charge >= 0.3 is 5.97 Å². The molecule has 2 aliphatic heterocycles. The van der Waals surface area contributed by atoms with Gasteiger partial charge in [0.25, 0.3) is 5.54 Å². The number of ether oxygens (including phenoxy) is 1. The van der Waals surface area contributed by atoms with Gasteiger partial charge in [0.1, 0.15) is 11.9 Å². The van der Waals surface area contributed by atoms with Crippen LogP contribution in [0.4, 0.5) is 15.8 Å². The zero-order valence-electron chi connectivity index (χ0n) is 29.0. The number of carbonyl (C=O) groups excluding carboxylic acids is 2. The number of nitrogens with one attached hydrogen (secondary N) is 1. The number of piperidine rings is 1. The highest BCUT2D eigenvalue weighted by molar-refractivity contribution is 7.91. The van der Waals surface area contributed by atoms with Crippen molar-refractivity contribution >= 4 is 33.1 Å². The first-order valence-electron chi connectivity index (χ1n) is 17.8. The van der Waals surface area contributed by atoms with Crippen molar-refractivity contribution in [3.63, 3.8) is 0 Å². The number of anilines is 2. The summed E-state index contributed by atoms with van der Waals surface area (Å²) in [5, 5.41) is 2.60. The average Bonchev–Trinajstić information content (AvgIpc) is 3.59. The molecule has 3 atom stereocenters. The molecule has 0 bridgehead atoms. The molecule has 0 aromatic heterocycles. The third kappa shape index (κ3) is 7.58. The first-order valence-corrected chi connectivity index (χ1v) is 19.3. The van der Waals surface area contributed by atoms with Gasteiger partial charge in [0.05, 0.1) is 15.7 Å². The fraction of sp³-hybridized carbons (Fsp3) is 0.425. The Hall–Kier alpha value is -4.53. The van der Waals surface area contributed by atoms with Crippen LogP contribution in [0.15, 0.2) is 95.2 Å². The molecule has 51 heavy (non-hydrogen) atoms. The Bertz CT molecular complexity index is 1900. The Kier molecular flexibility index (Phi) is 10.9. The molecular weight excluding hydrogens is 668 g/mol. The lowest BCUT2D eigenvalue weighted by Gasteiger charge is -2.46. The molecule has 6 rings (SSSR count). The zero-order chi connectivity index (χ0) is 36.2. The Morgan fingerprint density at radius 3 is 2.41 bits per heavy atom. The molecule has 9 nitrogen and oxygen atoms in total. The van der Waals surface area contributed by atoms with Gasteiger partial charge in [0.2, 0.25) is 15.7 Å². The maximum absolute atomic E-state index is 14.6. The number of hydrogen-bond donors (Lipinski definition) is 1. The summed E-state index contributed by atoms with van der Waals surface area (Å²) in [7, 11) is -3.78. The lowest BCUT2D eigenvalue weighted by Crippen LogP contribution is -2.54. The van der Waals surface area contributed by atoms with E-state index in [-0.39, 0.29) is 45.9 Å². The average molecular weight is 713 g/mol. The summed E-state index contributed by atoms with van der Waals surface area (Å²) in [6.45, 7) is 18.1. The van der Waals surface area contributed by atoms with E-state index in [9.17, 15) is 22.4 Å². The van der Waals surface area contributed by atoms with Gasteiger partial charge < -0.3 is 24.7 Å². The second-order valence-electron chi connectivity index (χ2n) is 13.9. The van der Waals surface area contributed by atoms with Gasteiger partial charge in [-0.25, -0.2) is 19.4 Å². The highest BCUT2D eigenvalue weighted by atomic mass is 32.2. The van der Waals surface area contributed by atoms with Crippen molar-refractivity contribution in [3.05, 3.63) is 108 Å². The summed E-state index contributed by atoms with van der Waals surface area (Å²) in [6, 6.07) is 19.6. The van der Waals surface area contributed by atoms with Gasteiger partial charge in [-0.1, -0.05) is 31.7 Å². The number of nitrogens with zero attached hydrogens (tertiary/aromatic N) is 3. The van der Waals surface area contributed by atoms with E-state index in [0.717, 1.165) is 76.6 Å². The second-order valence-corrected chi connectivity index (χ2v) is 15.9. The number of rotatable bonds is 12. The molecule has 0 radical (unpaired) electrons. The van der Waals surface area contributed by atoms with E-state index >= 15 is 0 Å². The van der Waals surface area contributed by atoms with Gasteiger partial charge in [-0.3, -0.25) is 9.59 Å².